The van der Waals surface area contributed by atoms with Crippen molar-refractivity contribution in [3.8, 4) is 0 Å². The van der Waals surface area contributed by atoms with Crippen LogP contribution in [0.15, 0.2) is 48.5 Å². The Balaban J connectivity index is 1.16. The molecule has 1 aliphatic rings. The van der Waals surface area contributed by atoms with Crippen LogP contribution in [0.25, 0.3) is 0 Å². The molecule has 1 fully saturated rings. The number of rotatable bonds is 10. The number of para-hydroxylation sites is 2. The topological polar surface area (TPSA) is 168 Å². The molecule has 0 spiro atoms. The van der Waals surface area contributed by atoms with Crippen molar-refractivity contribution in [3.63, 3.8) is 0 Å². The maximum atomic E-state index is 12.7. The molecule has 4 aromatic rings. The Morgan fingerprint density at radius 1 is 0.659 bits per heavy atom. The first kappa shape index (κ1) is 30.9. The number of carbonyl (C=O) groups is 4. The van der Waals surface area contributed by atoms with Gasteiger partial charge in [0.1, 0.15) is 10.0 Å². The zero-order chi connectivity index (χ0) is 31.1. The number of carbonyl (C=O) groups excluding carboxylic acids is 4. The van der Waals surface area contributed by atoms with Gasteiger partial charge < -0.3 is 21.3 Å². The van der Waals surface area contributed by atoms with Crippen LogP contribution in [0.3, 0.4) is 0 Å². The second-order valence-electron chi connectivity index (χ2n) is 10.6. The standard InChI is InChI=1S/C30H32N8O4S2/c1-17(39)31-23-12-5-3-8-19(23)15-25(41)33-29-37-35-27(43-29)21-10-7-11-22(14-21)28-36-38-30(44-28)34-26(42)16-20-9-4-6-13-24(20)32-18(2)40/h3-6,8-9,12-13,21-22H,7,10-11,14-16H2,1-2H3,(H,31,39)(H,32,40)(H,33,37,41)(H,34,38,42)/t21-,22-/m0/s1. The highest BCUT2D eigenvalue weighted by Gasteiger charge is 2.29. The van der Waals surface area contributed by atoms with Crippen LogP contribution in [0.5, 0.6) is 0 Å². The molecule has 2 aromatic carbocycles. The third kappa shape index (κ3) is 8.29. The van der Waals surface area contributed by atoms with Gasteiger partial charge in [-0.05, 0) is 42.5 Å². The molecular formula is C30H32N8O4S2. The van der Waals surface area contributed by atoms with Crippen molar-refractivity contribution >= 4 is 67.9 Å². The van der Waals surface area contributed by atoms with E-state index in [-0.39, 0.29) is 48.3 Å². The molecule has 0 bridgehead atoms. The fraction of sp³-hybridized carbons (Fsp3) is 0.333. The SMILES string of the molecule is CC(=O)Nc1ccccc1CC(=O)Nc1nnc([C@H]2CCC[C@H](c3nnc(NC(=O)Cc4ccccc4NC(C)=O)s3)C2)s1. The largest absolute Gasteiger partial charge is 0.326 e. The fourth-order valence-electron chi connectivity index (χ4n) is 5.18. The summed E-state index contributed by atoms with van der Waals surface area (Å²) in [6.07, 6.45) is 3.90. The van der Waals surface area contributed by atoms with Crippen molar-refractivity contribution in [2.75, 3.05) is 21.3 Å². The number of aromatic nitrogens is 4. The second-order valence-corrected chi connectivity index (χ2v) is 12.6. The van der Waals surface area contributed by atoms with E-state index in [4.69, 9.17) is 0 Å². The van der Waals surface area contributed by atoms with E-state index in [2.05, 4.69) is 41.7 Å². The number of hydrogen-bond donors (Lipinski definition) is 4. The van der Waals surface area contributed by atoms with Crippen molar-refractivity contribution in [2.24, 2.45) is 0 Å². The molecule has 0 unspecified atom stereocenters. The molecule has 4 N–H and O–H groups in total. The molecule has 44 heavy (non-hydrogen) atoms. The van der Waals surface area contributed by atoms with E-state index in [0.717, 1.165) is 35.7 Å². The average Bonchev–Trinajstić information content (AvgIpc) is 3.65. The maximum Gasteiger partial charge on any atom is 0.230 e. The van der Waals surface area contributed by atoms with Crippen LogP contribution in [-0.4, -0.2) is 44.0 Å². The summed E-state index contributed by atoms with van der Waals surface area (Å²) in [5, 5.41) is 30.9. The third-order valence-corrected chi connectivity index (χ3v) is 9.11. The van der Waals surface area contributed by atoms with Crippen LogP contribution in [-0.2, 0) is 32.0 Å². The molecule has 1 saturated carbocycles. The number of anilines is 4. The summed E-state index contributed by atoms with van der Waals surface area (Å²) in [6, 6.07) is 14.4. The van der Waals surface area contributed by atoms with Crippen molar-refractivity contribution in [1.29, 1.82) is 0 Å². The van der Waals surface area contributed by atoms with Crippen LogP contribution in [0.1, 0.15) is 72.5 Å². The molecule has 2 atom stereocenters. The predicted octanol–water partition coefficient (Wildman–Crippen LogP) is 5.11. The van der Waals surface area contributed by atoms with E-state index in [9.17, 15) is 19.2 Å². The van der Waals surface area contributed by atoms with Gasteiger partial charge in [-0.25, -0.2) is 0 Å². The lowest BCUT2D eigenvalue weighted by molar-refractivity contribution is -0.116. The Morgan fingerprint density at radius 3 is 1.52 bits per heavy atom. The van der Waals surface area contributed by atoms with E-state index in [1.54, 1.807) is 36.4 Å². The Bertz CT molecular complexity index is 1550. The molecule has 5 rings (SSSR count). The highest BCUT2D eigenvalue weighted by molar-refractivity contribution is 7.15. The summed E-state index contributed by atoms with van der Waals surface area (Å²) in [6.45, 7) is 2.85. The molecule has 14 heteroatoms. The third-order valence-electron chi connectivity index (χ3n) is 7.10. The molecule has 1 aliphatic carbocycles. The Labute approximate surface area is 262 Å². The quantitative estimate of drug-likeness (QED) is 0.187. The number of nitrogens with one attached hydrogen (secondary N) is 4. The van der Waals surface area contributed by atoms with Gasteiger partial charge in [0.15, 0.2) is 0 Å². The Kier molecular flexibility index (Phi) is 10.0. The van der Waals surface area contributed by atoms with Gasteiger partial charge >= 0.3 is 0 Å². The van der Waals surface area contributed by atoms with Crippen LogP contribution in [0.2, 0.25) is 0 Å². The van der Waals surface area contributed by atoms with Crippen LogP contribution in [0, 0.1) is 0 Å². The van der Waals surface area contributed by atoms with Gasteiger partial charge in [0.05, 0.1) is 12.8 Å². The van der Waals surface area contributed by atoms with Gasteiger partial charge in [0.25, 0.3) is 0 Å². The molecule has 0 aliphatic heterocycles. The normalized spacial score (nSPS) is 16.1. The first-order valence-corrected chi connectivity index (χ1v) is 15.8. The van der Waals surface area contributed by atoms with Gasteiger partial charge in [0.2, 0.25) is 33.9 Å². The van der Waals surface area contributed by atoms with Crippen LogP contribution < -0.4 is 21.3 Å². The van der Waals surface area contributed by atoms with Crippen molar-refractivity contribution in [3.05, 3.63) is 69.7 Å². The van der Waals surface area contributed by atoms with Crippen molar-refractivity contribution in [1.82, 2.24) is 20.4 Å². The van der Waals surface area contributed by atoms with E-state index in [0.29, 0.717) is 32.8 Å². The summed E-state index contributed by atoms with van der Waals surface area (Å²) >= 11 is 2.74. The molecule has 2 heterocycles. The van der Waals surface area contributed by atoms with E-state index in [1.165, 1.54) is 36.5 Å². The maximum absolute atomic E-state index is 12.7. The minimum atomic E-state index is -0.242. The number of benzene rings is 2. The van der Waals surface area contributed by atoms with E-state index < -0.39 is 0 Å². The summed E-state index contributed by atoms with van der Waals surface area (Å²) in [4.78, 5) is 48.5. The first-order valence-electron chi connectivity index (χ1n) is 14.2. The van der Waals surface area contributed by atoms with Gasteiger partial charge in [-0.1, -0.05) is 65.5 Å². The lowest BCUT2D eigenvalue weighted by Crippen LogP contribution is -2.16. The first-order chi connectivity index (χ1) is 21.2. The predicted molar refractivity (Wildman–Crippen MR) is 170 cm³/mol. The molecule has 12 nitrogen and oxygen atoms in total. The van der Waals surface area contributed by atoms with Crippen LogP contribution in [0.4, 0.5) is 21.6 Å². The molecule has 0 saturated heterocycles. The second kappa shape index (κ2) is 14.3. The minimum Gasteiger partial charge on any atom is -0.326 e. The van der Waals surface area contributed by atoms with Gasteiger partial charge in [-0.3, -0.25) is 19.2 Å². The van der Waals surface area contributed by atoms with Crippen molar-refractivity contribution in [2.45, 2.75) is 64.2 Å². The Hall–Kier alpha value is -4.56. The fourth-order valence-corrected chi connectivity index (χ4v) is 7.00. The summed E-state index contributed by atoms with van der Waals surface area (Å²) in [5.74, 6) is -0.543. The molecule has 228 valence electrons. The molecule has 2 aromatic heterocycles. The minimum absolute atomic E-state index is 0.0919. The molecule has 0 radical (unpaired) electrons. The number of amides is 4. The van der Waals surface area contributed by atoms with Crippen LogP contribution >= 0.6 is 22.7 Å². The lowest BCUT2D eigenvalue weighted by Gasteiger charge is -2.25. The lowest BCUT2D eigenvalue weighted by atomic mass is 9.82. The number of hydrogen-bond acceptors (Lipinski definition) is 10. The van der Waals surface area contributed by atoms with Gasteiger partial charge in [0, 0.05) is 37.1 Å². The highest BCUT2D eigenvalue weighted by Crippen LogP contribution is 2.43. The Morgan fingerprint density at radius 2 is 1.09 bits per heavy atom. The monoisotopic (exact) mass is 632 g/mol. The van der Waals surface area contributed by atoms with E-state index in [1.807, 2.05) is 12.1 Å². The highest BCUT2D eigenvalue weighted by atomic mass is 32.1. The number of nitrogens with zero attached hydrogens (tertiary/aromatic N) is 4. The summed E-state index contributed by atoms with van der Waals surface area (Å²) in [7, 11) is 0. The molecular weight excluding hydrogens is 601 g/mol. The van der Waals surface area contributed by atoms with Crippen molar-refractivity contribution < 1.29 is 19.2 Å². The smallest absolute Gasteiger partial charge is 0.230 e. The zero-order valence-corrected chi connectivity index (χ0v) is 25.9. The van der Waals surface area contributed by atoms with E-state index >= 15 is 0 Å². The molecule has 4 amide bonds. The summed E-state index contributed by atoms with van der Waals surface area (Å²) in [5.41, 5.74) is 2.63. The van der Waals surface area contributed by atoms with Gasteiger partial charge in [-0.15, -0.1) is 20.4 Å². The average molecular weight is 633 g/mol. The summed E-state index contributed by atoms with van der Waals surface area (Å²) < 4.78 is 0. The zero-order valence-electron chi connectivity index (χ0n) is 24.3. The van der Waals surface area contributed by atoms with Gasteiger partial charge in [-0.2, -0.15) is 0 Å².